The van der Waals surface area contributed by atoms with Gasteiger partial charge in [0, 0.05) is 12.1 Å². The van der Waals surface area contributed by atoms with Crippen LogP contribution in [0, 0.1) is 0 Å². The molecule has 18 heavy (non-hydrogen) atoms. The highest BCUT2D eigenvalue weighted by atomic mass is 16.7. The Labute approximate surface area is 109 Å². The Morgan fingerprint density at radius 2 is 2.06 bits per heavy atom. The van der Waals surface area contributed by atoms with Crippen LogP contribution < -0.4 is 5.73 Å². The third-order valence-electron chi connectivity index (χ3n) is 3.50. The van der Waals surface area contributed by atoms with Gasteiger partial charge in [0.05, 0.1) is 12.7 Å². The van der Waals surface area contributed by atoms with Gasteiger partial charge in [0.25, 0.3) is 0 Å². The lowest BCUT2D eigenvalue weighted by Gasteiger charge is -2.23. The lowest BCUT2D eigenvalue weighted by Crippen LogP contribution is -2.27. The molecule has 0 bridgehead atoms. The molecule has 0 aromatic heterocycles. The summed E-state index contributed by atoms with van der Waals surface area (Å²) in [6.07, 6.45) is 3.61. The molecule has 0 radical (unpaired) electrons. The minimum absolute atomic E-state index is 0.00904. The Morgan fingerprint density at radius 3 is 2.61 bits per heavy atom. The number of unbranched alkanes of at least 4 members (excludes halogenated alkanes) is 1. The molecule has 1 fully saturated rings. The molecule has 2 N–H and O–H groups in total. The largest absolute Gasteiger partial charge is 0.343 e. The fourth-order valence-corrected chi connectivity index (χ4v) is 2.26. The van der Waals surface area contributed by atoms with Crippen molar-refractivity contribution in [3.63, 3.8) is 0 Å². The second-order valence-electron chi connectivity index (χ2n) is 5.03. The SMILES string of the molecule is CCCCc1ccc(C2(C)OCC(CN)O2)cc1. The van der Waals surface area contributed by atoms with Crippen molar-refractivity contribution in [2.75, 3.05) is 13.2 Å². The van der Waals surface area contributed by atoms with Gasteiger partial charge in [-0.3, -0.25) is 0 Å². The summed E-state index contributed by atoms with van der Waals surface area (Å²) in [6, 6.07) is 8.53. The number of hydrogen-bond acceptors (Lipinski definition) is 3. The lowest BCUT2D eigenvalue weighted by atomic mass is 10.0. The molecule has 0 aliphatic carbocycles. The molecule has 1 aliphatic heterocycles. The van der Waals surface area contributed by atoms with Crippen LogP contribution in [0.2, 0.25) is 0 Å². The van der Waals surface area contributed by atoms with Crippen LogP contribution in [0.3, 0.4) is 0 Å². The van der Waals surface area contributed by atoms with Crippen molar-refractivity contribution in [3.05, 3.63) is 35.4 Å². The van der Waals surface area contributed by atoms with Crippen LogP contribution in [0.15, 0.2) is 24.3 Å². The number of aryl methyl sites for hydroxylation is 1. The summed E-state index contributed by atoms with van der Waals surface area (Å²) in [5.74, 6) is -0.632. The number of hydrogen-bond donors (Lipinski definition) is 1. The van der Waals surface area contributed by atoms with Gasteiger partial charge in [0.1, 0.15) is 0 Å². The van der Waals surface area contributed by atoms with Crippen molar-refractivity contribution in [3.8, 4) is 0 Å². The Morgan fingerprint density at radius 1 is 1.33 bits per heavy atom. The summed E-state index contributed by atoms with van der Waals surface area (Å²) < 4.78 is 11.6. The van der Waals surface area contributed by atoms with Crippen molar-refractivity contribution in [2.24, 2.45) is 5.73 Å². The maximum atomic E-state index is 5.86. The molecule has 1 aliphatic rings. The molecule has 1 aromatic rings. The summed E-state index contributed by atoms with van der Waals surface area (Å²) in [5, 5.41) is 0. The van der Waals surface area contributed by atoms with Crippen molar-refractivity contribution in [2.45, 2.75) is 45.0 Å². The zero-order valence-corrected chi connectivity index (χ0v) is 11.3. The monoisotopic (exact) mass is 249 g/mol. The second kappa shape index (κ2) is 5.83. The molecule has 1 saturated heterocycles. The molecule has 2 unspecified atom stereocenters. The van der Waals surface area contributed by atoms with E-state index < -0.39 is 5.79 Å². The van der Waals surface area contributed by atoms with Gasteiger partial charge in [-0.05, 0) is 25.3 Å². The summed E-state index contributed by atoms with van der Waals surface area (Å²) in [6.45, 7) is 5.25. The topological polar surface area (TPSA) is 44.5 Å². The van der Waals surface area contributed by atoms with Gasteiger partial charge < -0.3 is 15.2 Å². The van der Waals surface area contributed by atoms with Crippen LogP contribution >= 0.6 is 0 Å². The molecule has 0 saturated carbocycles. The van der Waals surface area contributed by atoms with Crippen molar-refractivity contribution in [1.82, 2.24) is 0 Å². The predicted octanol–water partition coefficient (Wildman–Crippen LogP) is 2.58. The molecule has 3 nitrogen and oxygen atoms in total. The van der Waals surface area contributed by atoms with E-state index in [0.717, 1.165) is 12.0 Å². The van der Waals surface area contributed by atoms with E-state index in [1.54, 1.807) is 0 Å². The molecule has 2 rings (SSSR count). The molecule has 100 valence electrons. The van der Waals surface area contributed by atoms with Crippen LogP contribution in [-0.4, -0.2) is 19.3 Å². The molecule has 3 heteroatoms. The van der Waals surface area contributed by atoms with Gasteiger partial charge in [0.2, 0.25) is 0 Å². The maximum Gasteiger partial charge on any atom is 0.192 e. The summed E-state index contributed by atoms with van der Waals surface area (Å²) in [7, 11) is 0. The Bertz CT molecular complexity index is 377. The first-order valence-electron chi connectivity index (χ1n) is 6.79. The third kappa shape index (κ3) is 2.91. The van der Waals surface area contributed by atoms with Gasteiger partial charge in [-0.1, -0.05) is 37.6 Å². The quantitative estimate of drug-likeness (QED) is 0.872. The number of rotatable bonds is 5. The molecule has 1 heterocycles. The molecule has 1 aromatic carbocycles. The minimum atomic E-state index is -0.632. The van der Waals surface area contributed by atoms with Gasteiger partial charge in [0.15, 0.2) is 5.79 Å². The highest BCUT2D eigenvalue weighted by Gasteiger charge is 2.38. The molecular weight excluding hydrogens is 226 g/mol. The smallest absolute Gasteiger partial charge is 0.192 e. The average Bonchev–Trinajstić information content (AvgIpc) is 2.80. The highest BCUT2D eigenvalue weighted by Crippen LogP contribution is 2.33. The van der Waals surface area contributed by atoms with Crippen LogP contribution in [0.1, 0.15) is 37.8 Å². The van der Waals surface area contributed by atoms with Crippen molar-refractivity contribution < 1.29 is 9.47 Å². The van der Waals surface area contributed by atoms with Gasteiger partial charge in [-0.25, -0.2) is 0 Å². The van der Waals surface area contributed by atoms with Gasteiger partial charge >= 0.3 is 0 Å². The van der Waals surface area contributed by atoms with Crippen molar-refractivity contribution in [1.29, 1.82) is 0 Å². The van der Waals surface area contributed by atoms with Gasteiger partial charge in [-0.15, -0.1) is 0 Å². The zero-order valence-electron chi connectivity index (χ0n) is 11.3. The van der Waals surface area contributed by atoms with E-state index in [-0.39, 0.29) is 6.10 Å². The Hall–Kier alpha value is -0.900. The first-order valence-corrected chi connectivity index (χ1v) is 6.79. The average molecular weight is 249 g/mol. The van der Waals surface area contributed by atoms with E-state index in [2.05, 4.69) is 31.2 Å². The van der Waals surface area contributed by atoms with E-state index in [0.29, 0.717) is 13.2 Å². The first kappa shape index (κ1) is 13.5. The summed E-state index contributed by atoms with van der Waals surface area (Å²) in [5.41, 5.74) is 8.05. The van der Waals surface area contributed by atoms with Crippen LogP contribution in [0.5, 0.6) is 0 Å². The number of benzene rings is 1. The molecule has 2 atom stereocenters. The molecule has 0 spiro atoms. The van der Waals surface area contributed by atoms with Crippen molar-refractivity contribution >= 4 is 0 Å². The summed E-state index contributed by atoms with van der Waals surface area (Å²) in [4.78, 5) is 0. The molecule has 0 amide bonds. The van der Waals surface area contributed by atoms with Gasteiger partial charge in [-0.2, -0.15) is 0 Å². The molecular formula is C15H23NO2. The summed E-state index contributed by atoms with van der Waals surface area (Å²) >= 11 is 0. The Kier molecular flexibility index (Phi) is 4.38. The highest BCUT2D eigenvalue weighted by molar-refractivity contribution is 5.26. The van der Waals surface area contributed by atoms with E-state index >= 15 is 0 Å². The number of nitrogens with two attached hydrogens (primary N) is 1. The van der Waals surface area contributed by atoms with E-state index in [4.69, 9.17) is 15.2 Å². The Balaban J connectivity index is 2.05. The van der Waals surface area contributed by atoms with E-state index in [1.165, 1.54) is 18.4 Å². The third-order valence-corrected chi connectivity index (χ3v) is 3.50. The minimum Gasteiger partial charge on any atom is -0.343 e. The normalized spacial score (nSPS) is 27.6. The number of ether oxygens (including phenoxy) is 2. The van der Waals surface area contributed by atoms with E-state index in [1.807, 2.05) is 6.92 Å². The van der Waals surface area contributed by atoms with Crippen LogP contribution in [0.25, 0.3) is 0 Å². The maximum absolute atomic E-state index is 5.86. The lowest BCUT2D eigenvalue weighted by molar-refractivity contribution is -0.160. The fourth-order valence-electron chi connectivity index (χ4n) is 2.26. The van der Waals surface area contributed by atoms with E-state index in [9.17, 15) is 0 Å². The standard InChI is InChI=1S/C15H23NO2/c1-3-4-5-12-6-8-13(9-7-12)15(2)17-11-14(10-16)18-15/h6-9,14H,3-5,10-11,16H2,1-2H3. The van der Waals surface area contributed by atoms with Crippen LogP contribution in [-0.2, 0) is 21.7 Å². The zero-order chi connectivity index (χ0) is 13.0. The second-order valence-corrected chi connectivity index (χ2v) is 5.03. The van der Waals surface area contributed by atoms with Crippen LogP contribution in [0.4, 0.5) is 0 Å². The predicted molar refractivity (Wildman–Crippen MR) is 72.3 cm³/mol. The first-order chi connectivity index (χ1) is 8.68. The fraction of sp³-hybridized carbons (Fsp3) is 0.600.